The quantitative estimate of drug-likeness (QED) is 0.862. The second kappa shape index (κ2) is 6.75. The van der Waals surface area contributed by atoms with Crippen LogP contribution in [0, 0.1) is 11.8 Å². The van der Waals surface area contributed by atoms with Crippen molar-refractivity contribution in [3.8, 4) is 0 Å². The van der Waals surface area contributed by atoms with Crippen LogP contribution in [-0.4, -0.2) is 17.7 Å². The van der Waals surface area contributed by atoms with Crippen LogP contribution in [0.4, 0.5) is 11.4 Å². The van der Waals surface area contributed by atoms with Gasteiger partial charge in [-0.1, -0.05) is 37.1 Å². The molecule has 2 aromatic carbocycles. The Morgan fingerprint density at radius 1 is 0.885 bits per heavy atom. The fraction of sp³-hybridized carbons (Fsp3) is 0.286. The number of carbonyl (C=O) groups excluding carboxylic acids is 3. The summed E-state index contributed by atoms with van der Waals surface area (Å²) in [4.78, 5) is 39.2. The van der Waals surface area contributed by atoms with Gasteiger partial charge >= 0.3 is 0 Å². The standard InChI is InChI=1S/C21H20N2O3/c24-19(22-15-8-2-1-3-9-15)14-7-6-10-16(13-14)23-20(25)17-11-4-5-12-18(17)21(23)26/h1-3,6-10,13,17-18H,4-5,11-12H2,(H,22,24)/t17-,18-/m1/s1. The number of hydrogen-bond acceptors (Lipinski definition) is 3. The average Bonchev–Trinajstić information content (AvgIpc) is 2.94. The summed E-state index contributed by atoms with van der Waals surface area (Å²) in [7, 11) is 0. The molecule has 132 valence electrons. The van der Waals surface area contributed by atoms with Gasteiger partial charge in [0.15, 0.2) is 0 Å². The minimum atomic E-state index is -0.269. The first-order chi connectivity index (χ1) is 12.6. The molecule has 1 aliphatic carbocycles. The number of nitrogens with one attached hydrogen (secondary N) is 1. The third kappa shape index (κ3) is 2.90. The number of para-hydroxylation sites is 1. The van der Waals surface area contributed by atoms with E-state index in [9.17, 15) is 14.4 Å². The maximum Gasteiger partial charge on any atom is 0.255 e. The molecule has 2 aromatic rings. The van der Waals surface area contributed by atoms with E-state index in [1.165, 1.54) is 4.90 Å². The largest absolute Gasteiger partial charge is 0.322 e. The molecule has 0 bridgehead atoms. The predicted molar refractivity (Wildman–Crippen MR) is 98.8 cm³/mol. The molecule has 1 heterocycles. The predicted octanol–water partition coefficient (Wildman–Crippen LogP) is 3.62. The molecule has 1 saturated carbocycles. The van der Waals surface area contributed by atoms with E-state index in [0.29, 0.717) is 16.9 Å². The minimum Gasteiger partial charge on any atom is -0.322 e. The van der Waals surface area contributed by atoms with Crippen LogP contribution < -0.4 is 10.2 Å². The maximum absolute atomic E-state index is 12.7. The molecular weight excluding hydrogens is 328 g/mol. The zero-order valence-corrected chi connectivity index (χ0v) is 14.4. The normalized spacial score (nSPS) is 22.2. The highest BCUT2D eigenvalue weighted by molar-refractivity contribution is 6.22. The third-order valence-corrected chi connectivity index (χ3v) is 5.24. The topological polar surface area (TPSA) is 66.5 Å². The van der Waals surface area contributed by atoms with Gasteiger partial charge in [-0.2, -0.15) is 0 Å². The van der Waals surface area contributed by atoms with Crippen molar-refractivity contribution in [3.05, 3.63) is 60.2 Å². The van der Waals surface area contributed by atoms with Crippen molar-refractivity contribution in [3.63, 3.8) is 0 Å². The van der Waals surface area contributed by atoms with Crippen molar-refractivity contribution < 1.29 is 14.4 Å². The number of amides is 3. The SMILES string of the molecule is O=C(Nc1ccccc1)c1cccc(N2C(=O)[C@@H]3CCCC[C@H]3C2=O)c1. The molecule has 1 saturated heterocycles. The molecule has 1 aliphatic heterocycles. The third-order valence-electron chi connectivity index (χ3n) is 5.24. The van der Waals surface area contributed by atoms with Gasteiger partial charge in [0, 0.05) is 11.3 Å². The monoisotopic (exact) mass is 348 g/mol. The van der Waals surface area contributed by atoms with Gasteiger partial charge in [-0.05, 0) is 43.2 Å². The molecule has 26 heavy (non-hydrogen) atoms. The summed E-state index contributed by atoms with van der Waals surface area (Å²) in [5, 5.41) is 2.82. The molecule has 0 spiro atoms. The summed E-state index contributed by atoms with van der Waals surface area (Å²) >= 11 is 0. The van der Waals surface area contributed by atoms with Gasteiger partial charge in [-0.15, -0.1) is 0 Å². The van der Waals surface area contributed by atoms with E-state index in [1.807, 2.05) is 18.2 Å². The maximum atomic E-state index is 12.7. The van der Waals surface area contributed by atoms with Crippen LogP contribution >= 0.6 is 0 Å². The highest BCUT2D eigenvalue weighted by Gasteiger charge is 2.48. The fourth-order valence-corrected chi connectivity index (χ4v) is 3.93. The molecule has 2 fully saturated rings. The first-order valence-electron chi connectivity index (χ1n) is 8.99. The zero-order chi connectivity index (χ0) is 18.1. The average molecular weight is 348 g/mol. The summed E-state index contributed by atoms with van der Waals surface area (Å²) in [6.45, 7) is 0. The summed E-state index contributed by atoms with van der Waals surface area (Å²) in [6, 6.07) is 15.9. The van der Waals surface area contributed by atoms with Gasteiger partial charge in [0.1, 0.15) is 0 Å². The van der Waals surface area contributed by atoms with Crippen molar-refractivity contribution in [2.24, 2.45) is 11.8 Å². The Hall–Kier alpha value is -2.95. The lowest BCUT2D eigenvalue weighted by molar-refractivity contribution is -0.122. The van der Waals surface area contributed by atoms with E-state index in [2.05, 4.69) is 5.32 Å². The number of imide groups is 1. The molecule has 0 unspecified atom stereocenters. The molecule has 2 atom stereocenters. The van der Waals surface area contributed by atoms with Crippen LogP contribution in [0.5, 0.6) is 0 Å². The number of hydrogen-bond donors (Lipinski definition) is 1. The highest BCUT2D eigenvalue weighted by atomic mass is 16.2. The molecule has 0 radical (unpaired) electrons. The lowest BCUT2D eigenvalue weighted by atomic mass is 9.81. The van der Waals surface area contributed by atoms with Gasteiger partial charge in [0.2, 0.25) is 11.8 Å². The minimum absolute atomic E-state index is 0.125. The van der Waals surface area contributed by atoms with Gasteiger partial charge in [-0.25, -0.2) is 0 Å². The first-order valence-corrected chi connectivity index (χ1v) is 8.99. The van der Waals surface area contributed by atoms with Crippen molar-refractivity contribution in [1.29, 1.82) is 0 Å². The molecule has 3 amide bonds. The van der Waals surface area contributed by atoms with E-state index in [4.69, 9.17) is 0 Å². The Bertz CT molecular complexity index is 839. The van der Waals surface area contributed by atoms with Crippen LogP contribution in [0.25, 0.3) is 0 Å². The highest BCUT2D eigenvalue weighted by Crippen LogP contribution is 2.40. The summed E-state index contributed by atoms with van der Waals surface area (Å²) in [5.74, 6) is -0.911. The van der Waals surface area contributed by atoms with E-state index in [1.54, 1.807) is 36.4 Å². The molecule has 0 aromatic heterocycles. The van der Waals surface area contributed by atoms with Crippen LogP contribution in [0.15, 0.2) is 54.6 Å². The van der Waals surface area contributed by atoms with Gasteiger partial charge in [0.05, 0.1) is 17.5 Å². The second-order valence-electron chi connectivity index (χ2n) is 6.88. The van der Waals surface area contributed by atoms with Crippen molar-refractivity contribution in [1.82, 2.24) is 0 Å². The van der Waals surface area contributed by atoms with Crippen LogP contribution in [0.1, 0.15) is 36.0 Å². The van der Waals surface area contributed by atoms with Crippen LogP contribution in [0.2, 0.25) is 0 Å². The molecule has 2 aliphatic rings. The lowest BCUT2D eigenvalue weighted by Gasteiger charge is -2.19. The van der Waals surface area contributed by atoms with Crippen molar-refractivity contribution in [2.45, 2.75) is 25.7 Å². The zero-order valence-electron chi connectivity index (χ0n) is 14.4. The second-order valence-corrected chi connectivity index (χ2v) is 6.88. The van der Waals surface area contributed by atoms with E-state index in [-0.39, 0.29) is 29.6 Å². The van der Waals surface area contributed by atoms with Crippen molar-refractivity contribution in [2.75, 3.05) is 10.2 Å². The number of benzene rings is 2. The van der Waals surface area contributed by atoms with Crippen LogP contribution in [0.3, 0.4) is 0 Å². The molecular formula is C21H20N2O3. The van der Waals surface area contributed by atoms with Gasteiger partial charge in [-0.3, -0.25) is 19.3 Å². The Kier molecular flexibility index (Phi) is 4.29. The Morgan fingerprint density at radius 2 is 1.54 bits per heavy atom. The Labute approximate surface area is 152 Å². The number of nitrogens with zero attached hydrogens (tertiary/aromatic N) is 1. The van der Waals surface area contributed by atoms with Gasteiger partial charge < -0.3 is 5.32 Å². The smallest absolute Gasteiger partial charge is 0.255 e. The van der Waals surface area contributed by atoms with E-state index < -0.39 is 0 Å². The van der Waals surface area contributed by atoms with Crippen LogP contribution in [-0.2, 0) is 9.59 Å². The van der Waals surface area contributed by atoms with Crippen molar-refractivity contribution >= 4 is 29.1 Å². The first kappa shape index (κ1) is 16.5. The number of carbonyl (C=O) groups is 3. The lowest BCUT2D eigenvalue weighted by Crippen LogP contribution is -2.31. The fourth-order valence-electron chi connectivity index (χ4n) is 3.93. The Balaban J connectivity index is 1.58. The van der Waals surface area contributed by atoms with E-state index in [0.717, 1.165) is 25.7 Å². The van der Waals surface area contributed by atoms with Gasteiger partial charge in [0.25, 0.3) is 5.91 Å². The summed E-state index contributed by atoms with van der Waals surface area (Å²) < 4.78 is 0. The summed E-state index contributed by atoms with van der Waals surface area (Å²) in [5.41, 5.74) is 1.60. The molecule has 4 rings (SSSR count). The molecule has 1 N–H and O–H groups in total. The van der Waals surface area contributed by atoms with E-state index >= 15 is 0 Å². The number of rotatable bonds is 3. The Morgan fingerprint density at radius 3 is 2.19 bits per heavy atom. The summed E-state index contributed by atoms with van der Waals surface area (Å²) in [6.07, 6.45) is 3.54. The molecule has 5 nitrogen and oxygen atoms in total. The number of fused-ring (bicyclic) bond motifs is 1. The molecule has 5 heteroatoms. The number of anilines is 2.